The quantitative estimate of drug-likeness (QED) is 0.879. The molecule has 0 radical (unpaired) electrons. The maximum atomic E-state index is 12.5. The highest BCUT2D eigenvalue weighted by molar-refractivity contribution is 5.97. The van der Waals surface area contributed by atoms with E-state index in [0.717, 1.165) is 19.4 Å². The smallest absolute Gasteiger partial charge is 0.329 e. The van der Waals surface area contributed by atoms with Gasteiger partial charge in [0.15, 0.2) is 0 Å². The van der Waals surface area contributed by atoms with Crippen LogP contribution in [0.1, 0.15) is 50.0 Å². The fourth-order valence-electron chi connectivity index (χ4n) is 3.22. The molecule has 7 heteroatoms. The number of rotatable bonds is 4. The highest BCUT2D eigenvalue weighted by Crippen LogP contribution is 2.16. The molecule has 0 aliphatic carbocycles. The molecule has 2 atom stereocenters. The minimum absolute atomic E-state index is 0.0301. The van der Waals surface area contributed by atoms with Crippen LogP contribution in [0.2, 0.25) is 0 Å². The first-order valence-corrected chi connectivity index (χ1v) is 8.59. The molecular weight excluding hydrogens is 322 g/mol. The Morgan fingerprint density at radius 2 is 2.08 bits per heavy atom. The Morgan fingerprint density at radius 3 is 2.72 bits per heavy atom. The van der Waals surface area contributed by atoms with Crippen LogP contribution in [0.3, 0.4) is 0 Å². The minimum atomic E-state index is -0.474. The lowest BCUT2D eigenvalue weighted by Gasteiger charge is -2.20. The molecule has 25 heavy (non-hydrogen) atoms. The van der Waals surface area contributed by atoms with Gasteiger partial charge in [-0.05, 0) is 51.8 Å². The summed E-state index contributed by atoms with van der Waals surface area (Å²) >= 11 is 0. The summed E-state index contributed by atoms with van der Waals surface area (Å²) in [6.07, 6.45) is 1.97. The van der Waals surface area contributed by atoms with Gasteiger partial charge in [-0.25, -0.2) is 4.79 Å². The van der Waals surface area contributed by atoms with Crippen molar-refractivity contribution in [2.45, 2.75) is 51.8 Å². The van der Waals surface area contributed by atoms with Gasteiger partial charge < -0.3 is 15.0 Å². The van der Waals surface area contributed by atoms with Gasteiger partial charge in [0.25, 0.3) is 11.5 Å². The molecule has 0 unspecified atom stereocenters. The lowest BCUT2D eigenvalue weighted by Crippen LogP contribution is -2.41. The normalized spacial score (nSPS) is 18.6. The van der Waals surface area contributed by atoms with Crippen molar-refractivity contribution < 1.29 is 9.53 Å². The Labute approximate surface area is 145 Å². The number of nitrogens with one attached hydrogen (secondary N) is 2. The Balaban J connectivity index is 1.90. The fourth-order valence-corrected chi connectivity index (χ4v) is 3.22. The molecule has 1 aliphatic rings. The molecule has 2 N–H and O–H groups in total. The van der Waals surface area contributed by atoms with E-state index in [2.05, 4.69) is 10.3 Å². The number of aromatic amines is 1. The van der Waals surface area contributed by atoms with Crippen LogP contribution in [0.4, 0.5) is 0 Å². The van der Waals surface area contributed by atoms with Gasteiger partial charge in [0.1, 0.15) is 0 Å². The predicted molar refractivity (Wildman–Crippen MR) is 95.1 cm³/mol. The second kappa shape index (κ2) is 6.84. The number of hydrogen-bond donors (Lipinski definition) is 2. The summed E-state index contributed by atoms with van der Waals surface area (Å²) in [6.45, 7) is 6.19. The third-order valence-electron chi connectivity index (χ3n) is 4.59. The van der Waals surface area contributed by atoms with Crippen LogP contribution < -0.4 is 16.6 Å². The van der Waals surface area contributed by atoms with E-state index in [4.69, 9.17) is 4.74 Å². The average Bonchev–Trinajstić information content (AvgIpc) is 3.08. The maximum Gasteiger partial charge on any atom is 0.329 e. The molecule has 1 saturated heterocycles. The van der Waals surface area contributed by atoms with Crippen molar-refractivity contribution in [3.8, 4) is 0 Å². The summed E-state index contributed by atoms with van der Waals surface area (Å²) < 4.78 is 6.75. The van der Waals surface area contributed by atoms with Crippen molar-refractivity contribution in [2.75, 3.05) is 6.61 Å². The van der Waals surface area contributed by atoms with E-state index in [1.165, 1.54) is 4.57 Å². The van der Waals surface area contributed by atoms with E-state index in [9.17, 15) is 14.4 Å². The van der Waals surface area contributed by atoms with Gasteiger partial charge in [-0.15, -0.1) is 0 Å². The number of H-pyrrole nitrogens is 1. The highest BCUT2D eigenvalue weighted by atomic mass is 16.5. The Kier molecular flexibility index (Phi) is 4.76. The van der Waals surface area contributed by atoms with Gasteiger partial charge in [0.05, 0.1) is 23.0 Å². The van der Waals surface area contributed by atoms with Crippen LogP contribution in [0.15, 0.2) is 27.8 Å². The highest BCUT2D eigenvalue weighted by Gasteiger charge is 2.24. The van der Waals surface area contributed by atoms with Crippen LogP contribution in [0.5, 0.6) is 0 Å². The van der Waals surface area contributed by atoms with Crippen LogP contribution in [-0.2, 0) is 4.74 Å². The molecule has 134 valence electrons. The number of hydrogen-bond acceptors (Lipinski definition) is 4. The van der Waals surface area contributed by atoms with Gasteiger partial charge >= 0.3 is 5.69 Å². The first-order valence-electron chi connectivity index (χ1n) is 8.59. The first-order chi connectivity index (χ1) is 11.9. The monoisotopic (exact) mass is 345 g/mol. The van der Waals surface area contributed by atoms with Crippen LogP contribution >= 0.6 is 0 Å². The number of aromatic nitrogens is 2. The van der Waals surface area contributed by atoms with Gasteiger partial charge in [0, 0.05) is 18.2 Å². The molecule has 7 nitrogen and oxygen atoms in total. The molecule has 2 aromatic rings. The molecule has 1 aromatic carbocycles. The molecule has 1 fully saturated rings. The number of benzene rings is 1. The fraction of sp³-hybridized carbons (Fsp3) is 0.500. The second-order valence-corrected chi connectivity index (χ2v) is 6.77. The van der Waals surface area contributed by atoms with E-state index in [1.807, 2.05) is 6.92 Å². The summed E-state index contributed by atoms with van der Waals surface area (Å²) in [6, 6.07) is 4.39. The Bertz CT molecular complexity index is 907. The summed E-state index contributed by atoms with van der Waals surface area (Å²) in [7, 11) is 0. The Hall–Kier alpha value is -2.41. The molecule has 0 spiro atoms. The zero-order valence-electron chi connectivity index (χ0n) is 14.7. The number of fused-ring (bicyclic) bond motifs is 1. The number of ether oxygens (including phenoxy) is 1. The predicted octanol–water partition coefficient (Wildman–Crippen LogP) is 1.57. The van der Waals surface area contributed by atoms with Gasteiger partial charge in [0.2, 0.25) is 0 Å². The van der Waals surface area contributed by atoms with Crippen LogP contribution in [0, 0.1) is 0 Å². The topological polar surface area (TPSA) is 93.2 Å². The van der Waals surface area contributed by atoms with Crippen molar-refractivity contribution >= 4 is 16.8 Å². The van der Waals surface area contributed by atoms with Gasteiger partial charge in [-0.1, -0.05) is 0 Å². The lowest BCUT2D eigenvalue weighted by molar-refractivity contribution is 0.0712. The standard InChI is InChI=1S/C18H23N3O4/c1-10(2)21-17(23)13-7-6-12(9-14(13)20-18(21)24)16(22)19-11(3)15-5-4-8-25-15/h6-7,9-11,15H,4-5,8H2,1-3H3,(H,19,22)(H,20,24)/t11-,15+/m1/s1. The maximum absolute atomic E-state index is 12.5. The van der Waals surface area contributed by atoms with Crippen molar-refractivity contribution in [1.82, 2.24) is 14.9 Å². The first kappa shape index (κ1) is 17.4. The second-order valence-electron chi connectivity index (χ2n) is 6.77. The number of carbonyl (C=O) groups is 1. The van der Waals surface area contributed by atoms with Gasteiger partial charge in [-0.2, -0.15) is 0 Å². The number of amides is 1. The van der Waals surface area contributed by atoms with Crippen LogP contribution in [-0.4, -0.2) is 34.2 Å². The molecular formula is C18H23N3O4. The molecule has 1 aliphatic heterocycles. The van der Waals surface area contributed by atoms with Crippen molar-refractivity contribution in [3.05, 3.63) is 44.6 Å². The lowest BCUT2D eigenvalue weighted by atomic mass is 10.1. The summed E-state index contributed by atoms with van der Waals surface area (Å²) in [5.41, 5.74) is -0.0646. The minimum Gasteiger partial charge on any atom is -0.376 e. The van der Waals surface area contributed by atoms with E-state index in [1.54, 1.807) is 32.0 Å². The third kappa shape index (κ3) is 3.37. The number of carbonyl (C=O) groups excluding carboxylic acids is 1. The van der Waals surface area contributed by atoms with E-state index in [0.29, 0.717) is 16.5 Å². The summed E-state index contributed by atoms with van der Waals surface area (Å²) in [5, 5.41) is 3.31. The van der Waals surface area contributed by atoms with Gasteiger partial charge in [-0.3, -0.25) is 14.2 Å². The molecule has 0 saturated carbocycles. The molecule has 2 heterocycles. The van der Waals surface area contributed by atoms with Crippen LogP contribution in [0.25, 0.3) is 10.9 Å². The molecule has 1 aromatic heterocycles. The summed E-state index contributed by atoms with van der Waals surface area (Å²) in [4.78, 5) is 39.7. The molecule has 1 amide bonds. The zero-order valence-corrected chi connectivity index (χ0v) is 14.7. The summed E-state index contributed by atoms with van der Waals surface area (Å²) in [5.74, 6) is -0.251. The SMILES string of the molecule is CC(C)n1c(=O)[nH]c2cc(C(=O)N[C@H](C)[C@@H]3CCCO3)ccc2c1=O. The van der Waals surface area contributed by atoms with E-state index < -0.39 is 5.69 Å². The van der Waals surface area contributed by atoms with E-state index >= 15 is 0 Å². The Morgan fingerprint density at radius 1 is 1.32 bits per heavy atom. The third-order valence-corrected chi connectivity index (χ3v) is 4.59. The molecule has 3 rings (SSSR count). The average molecular weight is 345 g/mol. The van der Waals surface area contributed by atoms with Crippen molar-refractivity contribution in [2.24, 2.45) is 0 Å². The molecule has 0 bridgehead atoms. The zero-order chi connectivity index (χ0) is 18.1. The van der Waals surface area contributed by atoms with Crippen molar-refractivity contribution in [3.63, 3.8) is 0 Å². The van der Waals surface area contributed by atoms with E-state index in [-0.39, 0.29) is 29.7 Å². The van der Waals surface area contributed by atoms with Crippen molar-refractivity contribution in [1.29, 1.82) is 0 Å². The largest absolute Gasteiger partial charge is 0.376 e. The number of nitrogens with zero attached hydrogens (tertiary/aromatic N) is 1.